The Labute approximate surface area is 64.8 Å². The third kappa shape index (κ3) is 6.57. The van der Waals surface area contributed by atoms with E-state index in [9.17, 15) is 4.79 Å². The molecule has 4 nitrogen and oxygen atoms in total. The molecule has 1 aromatic rings. The predicted octanol–water partition coefficient (Wildman–Crippen LogP) is 1.46. The molecule has 0 aliphatic rings. The van der Waals surface area contributed by atoms with Crippen LogP contribution in [0.15, 0.2) is 16.8 Å². The van der Waals surface area contributed by atoms with E-state index in [0.717, 1.165) is 5.76 Å². The van der Waals surface area contributed by atoms with Gasteiger partial charge in [-0.3, -0.25) is 4.79 Å². The molecule has 1 aromatic heterocycles. The summed E-state index contributed by atoms with van der Waals surface area (Å²) in [6.45, 7) is 3.45. The Hall–Kier alpha value is -1.32. The van der Waals surface area contributed by atoms with Crippen LogP contribution in [-0.4, -0.2) is 16.2 Å². The summed E-state index contributed by atoms with van der Waals surface area (Å²) in [5.41, 5.74) is 0. The van der Waals surface area contributed by atoms with E-state index in [4.69, 9.17) is 5.11 Å². The molecule has 0 aliphatic heterocycles. The Bertz CT molecular complexity index is 193. The molecule has 4 heteroatoms. The molecule has 0 fully saturated rings. The maximum atomic E-state index is 9.37. The summed E-state index contributed by atoms with van der Waals surface area (Å²) >= 11 is 0. The Morgan fingerprint density at radius 1 is 1.82 bits per heavy atom. The maximum Gasteiger partial charge on any atom is 0.303 e. The average Bonchev–Trinajstić information content (AvgIpc) is 2.41. The van der Waals surface area contributed by atoms with Crippen LogP contribution in [0.4, 0.5) is 0 Å². The molecule has 0 saturated heterocycles. The molecule has 0 radical (unpaired) electrons. The van der Waals surface area contributed by atoms with E-state index in [1.165, 1.54) is 0 Å². The van der Waals surface area contributed by atoms with Crippen molar-refractivity contribution in [2.75, 3.05) is 0 Å². The van der Waals surface area contributed by atoms with Crippen LogP contribution >= 0.6 is 0 Å². The predicted molar refractivity (Wildman–Crippen MR) is 39.2 cm³/mol. The van der Waals surface area contributed by atoms with Crippen molar-refractivity contribution >= 4 is 5.97 Å². The fraction of sp³-hybridized carbons (Fsp3) is 0.429. The first-order valence-electron chi connectivity index (χ1n) is 3.26. The van der Waals surface area contributed by atoms with Crippen molar-refractivity contribution in [3.8, 4) is 0 Å². The highest BCUT2D eigenvalue weighted by molar-refractivity contribution is 5.66. The van der Waals surface area contributed by atoms with Crippen LogP contribution < -0.4 is 0 Å². The summed E-state index contributed by atoms with van der Waals surface area (Å²) < 4.78 is 4.58. The van der Waals surface area contributed by atoms with Gasteiger partial charge < -0.3 is 9.63 Å². The molecule has 0 spiro atoms. The average molecular weight is 157 g/mol. The second kappa shape index (κ2) is 5.46. The van der Waals surface area contributed by atoms with E-state index >= 15 is 0 Å². The minimum Gasteiger partial charge on any atom is -0.481 e. The molecule has 62 valence electrons. The summed E-state index contributed by atoms with van der Waals surface area (Å²) in [5.74, 6) is 0.111. The minimum atomic E-state index is -0.745. The minimum absolute atomic E-state index is 0.222. The van der Waals surface area contributed by atoms with Crippen LogP contribution in [0.5, 0.6) is 0 Å². The van der Waals surface area contributed by atoms with Crippen molar-refractivity contribution in [1.82, 2.24) is 5.16 Å². The third-order valence-electron chi connectivity index (χ3n) is 0.869. The third-order valence-corrected chi connectivity index (χ3v) is 0.869. The molecule has 0 aliphatic carbocycles. The molecule has 0 bridgehead atoms. The number of hydrogen-bond donors (Lipinski definition) is 1. The van der Waals surface area contributed by atoms with E-state index in [0.29, 0.717) is 0 Å². The van der Waals surface area contributed by atoms with Gasteiger partial charge in [0.1, 0.15) is 5.76 Å². The van der Waals surface area contributed by atoms with Gasteiger partial charge >= 0.3 is 5.97 Å². The van der Waals surface area contributed by atoms with Gasteiger partial charge in [0.15, 0.2) is 0 Å². The largest absolute Gasteiger partial charge is 0.481 e. The fourth-order valence-corrected chi connectivity index (χ4v) is 0.279. The lowest BCUT2D eigenvalue weighted by molar-refractivity contribution is -0.136. The van der Waals surface area contributed by atoms with Crippen molar-refractivity contribution in [1.29, 1.82) is 0 Å². The van der Waals surface area contributed by atoms with Crippen LogP contribution in [0.25, 0.3) is 0 Å². The van der Waals surface area contributed by atoms with Crippen LogP contribution in [0.1, 0.15) is 19.1 Å². The molecule has 1 N–H and O–H groups in total. The molecule has 1 rings (SSSR count). The van der Waals surface area contributed by atoms with Crippen molar-refractivity contribution in [3.63, 3.8) is 0 Å². The molecule has 11 heavy (non-hydrogen) atoms. The highest BCUT2D eigenvalue weighted by Crippen LogP contribution is 1.88. The Balaban J connectivity index is 0.000000187. The lowest BCUT2D eigenvalue weighted by atomic mass is 10.5. The normalized spacial score (nSPS) is 8.18. The molecular weight excluding hydrogens is 146 g/mol. The van der Waals surface area contributed by atoms with E-state index in [-0.39, 0.29) is 6.42 Å². The SMILES string of the molecule is CCC(=O)O.Cc1ccno1. The van der Waals surface area contributed by atoms with Crippen LogP contribution in [0.2, 0.25) is 0 Å². The van der Waals surface area contributed by atoms with Gasteiger partial charge in [0.25, 0.3) is 0 Å². The van der Waals surface area contributed by atoms with Crippen molar-refractivity contribution in [3.05, 3.63) is 18.0 Å². The summed E-state index contributed by atoms with van der Waals surface area (Å²) in [6.07, 6.45) is 1.84. The Morgan fingerprint density at radius 2 is 2.36 bits per heavy atom. The highest BCUT2D eigenvalue weighted by atomic mass is 16.5. The van der Waals surface area contributed by atoms with Gasteiger partial charge in [-0.2, -0.15) is 0 Å². The monoisotopic (exact) mass is 157 g/mol. The van der Waals surface area contributed by atoms with Crippen molar-refractivity contribution in [2.45, 2.75) is 20.3 Å². The molecule has 0 aromatic carbocycles. The smallest absolute Gasteiger partial charge is 0.303 e. The number of aliphatic carboxylic acids is 1. The lowest BCUT2D eigenvalue weighted by Crippen LogP contribution is -1.86. The van der Waals surface area contributed by atoms with E-state index in [2.05, 4.69) is 9.68 Å². The molecule has 0 amide bonds. The van der Waals surface area contributed by atoms with Gasteiger partial charge in [0.05, 0.1) is 6.20 Å². The number of hydrogen-bond acceptors (Lipinski definition) is 3. The number of carbonyl (C=O) groups is 1. The summed E-state index contributed by atoms with van der Waals surface area (Å²) in [4.78, 5) is 9.37. The van der Waals surface area contributed by atoms with Crippen molar-refractivity contribution < 1.29 is 14.4 Å². The zero-order valence-electron chi connectivity index (χ0n) is 6.57. The van der Waals surface area contributed by atoms with E-state index in [1.807, 2.05) is 6.92 Å². The first-order chi connectivity index (χ1) is 5.16. The van der Waals surface area contributed by atoms with Crippen LogP contribution in [-0.2, 0) is 4.79 Å². The molecule has 0 unspecified atom stereocenters. The summed E-state index contributed by atoms with van der Waals surface area (Å²) in [5, 5.41) is 11.2. The second-order valence-corrected chi connectivity index (χ2v) is 1.87. The number of rotatable bonds is 1. The first-order valence-corrected chi connectivity index (χ1v) is 3.26. The zero-order valence-corrected chi connectivity index (χ0v) is 6.57. The van der Waals surface area contributed by atoms with Gasteiger partial charge in [-0.25, -0.2) is 0 Å². The second-order valence-electron chi connectivity index (χ2n) is 1.87. The van der Waals surface area contributed by atoms with Crippen LogP contribution in [0, 0.1) is 6.92 Å². The number of carboxylic acid groups (broad SMARTS) is 1. The quantitative estimate of drug-likeness (QED) is 0.670. The van der Waals surface area contributed by atoms with Gasteiger partial charge in [0.2, 0.25) is 0 Å². The molecule has 1 heterocycles. The number of aryl methyl sites for hydroxylation is 1. The standard InChI is InChI=1S/C4H5NO.C3H6O2/c1-4-2-3-5-6-4;1-2-3(4)5/h2-3H,1H3;2H2,1H3,(H,4,5). The zero-order chi connectivity index (χ0) is 8.69. The summed E-state index contributed by atoms with van der Waals surface area (Å²) in [7, 11) is 0. The first kappa shape index (κ1) is 9.68. The highest BCUT2D eigenvalue weighted by Gasteiger charge is 1.80. The Kier molecular flexibility index (Phi) is 4.81. The van der Waals surface area contributed by atoms with Gasteiger partial charge in [-0.15, -0.1) is 0 Å². The fourth-order valence-electron chi connectivity index (χ4n) is 0.279. The van der Waals surface area contributed by atoms with Crippen molar-refractivity contribution in [2.24, 2.45) is 0 Å². The maximum absolute atomic E-state index is 9.37. The van der Waals surface area contributed by atoms with Gasteiger partial charge in [-0.1, -0.05) is 12.1 Å². The topological polar surface area (TPSA) is 63.3 Å². The van der Waals surface area contributed by atoms with E-state index in [1.54, 1.807) is 19.2 Å². The van der Waals surface area contributed by atoms with E-state index < -0.39 is 5.97 Å². The van der Waals surface area contributed by atoms with Crippen LogP contribution in [0.3, 0.4) is 0 Å². The lowest BCUT2D eigenvalue weighted by Gasteiger charge is -1.71. The number of nitrogens with zero attached hydrogens (tertiary/aromatic N) is 1. The molecule has 0 atom stereocenters. The summed E-state index contributed by atoms with van der Waals surface area (Å²) in [6, 6.07) is 1.81. The van der Waals surface area contributed by atoms with Gasteiger partial charge in [-0.05, 0) is 6.92 Å². The van der Waals surface area contributed by atoms with Gasteiger partial charge in [0, 0.05) is 12.5 Å². The molecule has 0 saturated carbocycles. The molecular formula is C7H11NO3. The Morgan fingerprint density at radius 3 is 2.45 bits per heavy atom. The number of carboxylic acids is 1. The number of aromatic nitrogens is 1.